The minimum Gasteiger partial charge on any atom is -0.307 e. The number of hydrogen-bond acceptors (Lipinski definition) is 8. The van der Waals surface area contributed by atoms with Crippen LogP contribution in [-0.4, -0.2) is 20.4 Å². The highest BCUT2D eigenvalue weighted by Crippen LogP contribution is 2.52. The maximum Gasteiger partial charge on any atom is 0.166 e. The van der Waals surface area contributed by atoms with Gasteiger partial charge in [0, 0.05) is 22.3 Å². The average Bonchev–Trinajstić information content (AvgIpc) is 3.68. The van der Waals surface area contributed by atoms with Crippen LogP contribution in [0.3, 0.4) is 0 Å². The summed E-state index contributed by atoms with van der Waals surface area (Å²) >= 11 is 12.2. The topological polar surface area (TPSA) is 128 Å². The highest BCUT2D eigenvalue weighted by atomic mass is 35.5. The van der Waals surface area contributed by atoms with Gasteiger partial charge in [0.05, 0.1) is 0 Å². The monoisotopic (exact) mass is 482 g/mol. The van der Waals surface area contributed by atoms with Crippen molar-refractivity contribution in [3.8, 4) is 0 Å². The normalized spacial score (nSPS) is 15.0. The molecule has 8 nitrogen and oxygen atoms in total. The molecule has 2 heterocycles. The Bertz CT molecular complexity index is 838. The lowest BCUT2D eigenvalue weighted by molar-refractivity contribution is 0.766. The van der Waals surface area contributed by atoms with Gasteiger partial charge in [-0.15, -0.1) is 20.4 Å². The first-order valence-corrected chi connectivity index (χ1v) is 12.1. The molecule has 0 unspecified atom stereocenters. The molecule has 2 aromatic rings. The predicted octanol–water partition coefficient (Wildman–Crippen LogP) is 5.86. The van der Waals surface area contributed by atoms with Crippen LogP contribution in [-0.2, 0) is 0 Å². The summed E-state index contributed by atoms with van der Waals surface area (Å²) in [5, 5.41) is 16.8. The second-order valence-corrected chi connectivity index (χ2v) is 9.20. The molecule has 2 saturated carbocycles. The second kappa shape index (κ2) is 11.9. The summed E-state index contributed by atoms with van der Waals surface area (Å²) in [6.45, 7) is 12.3. The van der Waals surface area contributed by atoms with Gasteiger partial charge in [-0.3, -0.25) is 0 Å². The molecule has 2 fully saturated rings. The first kappa shape index (κ1) is 26.5. The van der Waals surface area contributed by atoms with Gasteiger partial charge in [0.1, 0.15) is 0 Å². The number of aromatic nitrogens is 4. The van der Waals surface area contributed by atoms with Gasteiger partial charge in [0.25, 0.3) is 0 Å². The lowest BCUT2D eigenvalue weighted by atomic mass is 9.92. The van der Waals surface area contributed by atoms with Crippen LogP contribution in [0.15, 0.2) is 0 Å². The quantitative estimate of drug-likeness (QED) is 0.297. The molecule has 178 valence electrons. The number of hydrogen-bond donors (Lipinski definition) is 4. The van der Waals surface area contributed by atoms with Gasteiger partial charge in [-0.1, -0.05) is 64.7 Å². The summed E-state index contributed by atoms with van der Waals surface area (Å²) < 4.78 is 0. The van der Waals surface area contributed by atoms with E-state index in [4.69, 9.17) is 34.9 Å². The van der Waals surface area contributed by atoms with E-state index < -0.39 is 0 Å². The number of rotatable bonds is 6. The van der Waals surface area contributed by atoms with E-state index in [0.717, 1.165) is 11.1 Å². The van der Waals surface area contributed by atoms with E-state index in [0.29, 0.717) is 45.6 Å². The van der Waals surface area contributed by atoms with E-state index in [9.17, 15) is 0 Å². The van der Waals surface area contributed by atoms with Gasteiger partial charge < -0.3 is 10.9 Å². The number of nitrogens with zero attached hydrogens (tertiary/aromatic N) is 4. The van der Waals surface area contributed by atoms with Crippen LogP contribution in [0.2, 0.25) is 10.3 Å². The summed E-state index contributed by atoms with van der Waals surface area (Å²) in [5.41, 5.74) is 9.69. The fourth-order valence-corrected chi connectivity index (χ4v) is 4.42. The van der Waals surface area contributed by atoms with Gasteiger partial charge in [-0.05, 0) is 49.4 Å². The third-order valence-electron chi connectivity index (χ3n) is 5.41. The Morgan fingerprint density at radius 3 is 1.56 bits per heavy atom. The van der Waals surface area contributed by atoms with E-state index >= 15 is 0 Å². The van der Waals surface area contributed by atoms with Crippen LogP contribution in [0, 0.1) is 0 Å². The fraction of sp³-hybridized carbons (Fsp3) is 0.636. The largest absolute Gasteiger partial charge is 0.307 e. The van der Waals surface area contributed by atoms with Crippen molar-refractivity contribution < 1.29 is 0 Å². The minimum atomic E-state index is 0.303. The number of halogens is 2. The Hall–Kier alpha value is -1.74. The lowest BCUT2D eigenvalue weighted by Crippen LogP contribution is -2.15. The molecule has 2 aliphatic rings. The average molecular weight is 483 g/mol. The maximum atomic E-state index is 6.12. The molecule has 32 heavy (non-hydrogen) atoms. The lowest BCUT2D eigenvalue weighted by Gasteiger charge is -2.18. The zero-order chi connectivity index (χ0) is 24.0. The zero-order valence-electron chi connectivity index (χ0n) is 19.8. The molecule has 6 N–H and O–H groups in total. The van der Waals surface area contributed by atoms with Crippen molar-refractivity contribution in [2.75, 3.05) is 10.9 Å². The smallest absolute Gasteiger partial charge is 0.166 e. The number of anilines is 2. The highest BCUT2D eigenvalue weighted by molar-refractivity contribution is 6.30. The van der Waals surface area contributed by atoms with Crippen molar-refractivity contribution in [3.63, 3.8) is 0 Å². The third kappa shape index (κ3) is 6.19. The molecule has 0 saturated heterocycles. The maximum absolute atomic E-state index is 6.12. The fourth-order valence-electron chi connectivity index (χ4n) is 3.77. The van der Waals surface area contributed by atoms with E-state index in [1.165, 1.54) is 36.8 Å². The van der Waals surface area contributed by atoms with Crippen molar-refractivity contribution in [1.29, 1.82) is 0 Å². The summed E-state index contributed by atoms with van der Waals surface area (Å²) in [6.07, 6.45) is 4.87. The van der Waals surface area contributed by atoms with Crippen LogP contribution in [0.5, 0.6) is 0 Å². The first-order valence-electron chi connectivity index (χ1n) is 11.3. The summed E-state index contributed by atoms with van der Waals surface area (Å²) in [7, 11) is 0. The molecule has 0 atom stereocenters. The Kier molecular flexibility index (Phi) is 9.88. The number of hydrazine groups is 2. The molecule has 0 radical (unpaired) electrons. The predicted molar refractivity (Wildman–Crippen MR) is 133 cm³/mol. The number of nitrogen functional groups attached to an aromatic ring is 2. The standard InChI is InChI=1S/C10H13ClN4.C10H17ClN4.C2H6/c11-9-7(5-1-2-5)8(6-3-4-6)10(13-12)15-14-9;1-5(2)7-8(6(3)4)10(13-12)15-14-9(7)11;1-2/h5-6H,1-4,12H2,(H,13,15);5-6H,12H2,1-4H3,(H,13,15);1-2H3. The summed E-state index contributed by atoms with van der Waals surface area (Å²) in [4.78, 5) is 0. The Labute approximate surface area is 201 Å². The summed E-state index contributed by atoms with van der Waals surface area (Å²) in [5.74, 6) is 14.0. The van der Waals surface area contributed by atoms with Gasteiger partial charge in [0.2, 0.25) is 0 Å². The number of nitrogens with two attached hydrogens (primary N) is 2. The highest BCUT2D eigenvalue weighted by Gasteiger charge is 2.37. The molecule has 0 aliphatic heterocycles. The van der Waals surface area contributed by atoms with E-state index in [1.807, 2.05) is 13.8 Å². The number of nitrogens with one attached hydrogen (secondary N) is 2. The zero-order valence-corrected chi connectivity index (χ0v) is 21.3. The van der Waals surface area contributed by atoms with Gasteiger partial charge in [-0.2, -0.15) is 0 Å². The molecular weight excluding hydrogens is 447 g/mol. The molecule has 0 aromatic carbocycles. The molecule has 2 aromatic heterocycles. The Morgan fingerprint density at radius 1 is 0.688 bits per heavy atom. The van der Waals surface area contributed by atoms with Crippen molar-refractivity contribution in [3.05, 3.63) is 32.6 Å². The molecular formula is C22H36Cl2N8. The molecule has 0 spiro atoms. The second-order valence-electron chi connectivity index (χ2n) is 8.48. The molecule has 0 amide bonds. The molecule has 4 rings (SSSR count). The molecule has 10 heteroatoms. The SMILES string of the molecule is CC.CC(C)c1c(Cl)nnc(NN)c1C(C)C.NNc1nnc(Cl)c(C2CC2)c1C1CC1. The molecule has 0 bridgehead atoms. The molecule has 2 aliphatic carbocycles. The third-order valence-corrected chi connectivity index (χ3v) is 5.97. The van der Waals surface area contributed by atoms with Gasteiger partial charge in [-0.25, -0.2) is 11.7 Å². The van der Waals surface area contributed by atoms with Gasteiger partial charge >= 0.3 is 0 Å². The Morgan fingerprint density at radius 2 is 1.12 bits per heavy atom. The van der Waals surface area contributed by atoms with Crippen LogP contribution in [0.1, 0.15) is 113 Å². The van der Waals surface area contributed by atoms with Crippen molar-refractivity contribution in [1.82, 2.24) is 20.4 Å². The van der Waals surface area contributed by atoms with Crippen molar-refractivity contribution >= 4 is 34.8 Å². The van der Waals surface area contributed by atoms with Crippen LogP contribution < -0.4 is 22.5 Å². The van der Waals surface area contributed by atoms with Gasteiger partial charge in [0.15, 0.2) is 21.9 Å². The van der Waals surface area contributed by atoms with E-state index in [-0.39, 0.29) is 0 Å². The van der Waals surface area contributed by atoms with E-state index in [1.54, 1.807) is 0 Å². The van der Waals surface area contributed by atoms with Crippen molar-refractivity contribution in [2.45, 2.75) is 90.9 Å². The van der Waals surface area contributed by atoms with E-state index in [2.05, 4.69) is 58.9 Å². The van der Waals surface area contributed by atoms with Crippen molar-refractivity contribution in [2.24, 2.45) is 11.7 Å². The van der Waals surface area contributed by atoms with Crippen LogP contribution in [0.4, 0.5) is 11.6 Å². The minimum absolute atomic E-state index is 0.303. The first-order chi connectivity index (χ1) is 15.3. The van der Waals surface area contributed by atoms with Crippen LogP contribution >= 0.6 is 23.2 Å². The Balaban J connectivity index is 0.000000211. The van der Waals surface area contributed by atoms with Crippen LogP contribution in [0.25, 0.3) is 0 Å². The summed E-state index contributed by atoms with van der Waals surface area (Å²) in [6, 6.07) is 0.